The van der Waals surface area contributed by atoms with Gasteiger partial charge in [-0.1, -0.05) is 218 Å². The van der Waals surface area contributed by atoms with E-state index in [-0.39, 0.29) is 72.2 Å². The molecule has 0 aliphatic carbocycles. The molecule has 0 bridgehead atoms. The van der Waals surface area contributed by atoms with Crippen LogP contribution in [0.3, 0.4) is 0 Å². The molecular weight excluding hydrogens is 1300 g/mol. The number of aromatic nitrogens is 2. The molecular formula is C82H78N5OPtS-3. The third kappa shape index (κ3) is 10.8. The second-order valence-electron chi connectivity index (χ2n) is 28.1. The van der Waals surface area contributed by atoms with Crippen molar-refractivity contribution in [2.75, 3.05) is 9.80 Å². The van der Waals surface area contributed by atoms with E-state index in [4.69, 9.17) is 13.8 Å². The number of benzene rings is 9. The van der Waals surface area contributed by atoms with Crippen molar-refractivity contribution >= 4 is 76.1 Å². The Morgan fingerprint density at radius 2 is 1.23 bits per heavy atom. The number of hydrogen-bond donors (Lipinski definition) is 0. The van der Waals surface area contributed by atoms with Crippen LogP contribution in [-0.4, -0.2) is 9.55 Å². The van der Waals surface area contributed by atoms with Crippen molar-refractivity contribution in [2.45, 2.75) is 132 Å². The zero-order valence-electron chi connectivity index (χ0n) is 59.0. The number of hydrogen-bond acceptors (Lipinski definition) is 6. The van der Waals surface area contributed by atoms with E-state index in [9.17, 15) is 8.00 Å². The SMILES string of the molecule is [2H]c1c([2H])c([2H])c(-c2cccc(-c3cc(C(C)(C)C)cc(C(C)(C)C)c3)c2N2[CH-]N(c3[c-]c(Oc4[c-]c5c(cc4)c4c6sc7cccc(C#N)c7c6ccc4n5-c4cc(C(C)(C)C(C)(C)C)ccn4)cc(-c4c(C(C)C)cccc4C(C)C)c3)c3ccccc32)c([2H])c1[2H].[Pt]. The molecule has 456 valence electrons. The molecule has 1 aliphatic heterocycles. The van der Waals surface area contributed by atoms with E-state index < -0.39 is 18.1 Å². The van der Waals surface area contributed by atoms with Crippen molar-refractivity contribution in [3.05, 3.63) is 234 Å². The fourth-order valence-corrected chi connectivity index (χ4v) is 13.9. The fourth-order valence-electron chi connectivity index (χ4n) is 12.7. The molecule has 4 heterocycles. The van der Waals surface area contributed by atoms with Gasteiger partial charge in [0.05, 0.1) is 18.5 Å². The van der Waals surface area contributed by atoms with Crippen molar-refractivity contribution < 1.29 is 32.7 Å². The van der Waals surface area contributed by atoms with Gasteiger partial charge in [-0.15, -0.1) is 65.0 Å². The molecule has 12 aromatic rings. The van der Waals surface area contributed by atoms with Crippen LogP contribution in [0.15, 0.2) is 182 Å². The van der Waals surface area contributed by atoms with Crippen molar-refractivity contribution in [1.29, 1.82) is 5.26 Å². The Kier molecular flexibility index (Phi) is 14.4. The van der Waals surface area contributed by atoms with Crippen LogP contribution >= 0.6 is 11.3 Å². The van der Waals surface area contributed by atoms with E-state index in [1.807, 2.05) is 55.3 Å². The van der Waals surface area contributed by atoms with Gasteiger partial charge in [-0.05, 0) is 126 Å². The second-order valence-corrected chi connectivity index (χ2v) is 29.2. The van der Waals surface area contributed by atoms with E-state index in [0.717, 1.165) is 98.1 Å². The van der Waals surface area contributed by atoms with Gasteiger partial charge < -0.3 is 19.1 Å². The van der Waals surface area contributed by atoms with Crippen LogP contribution in [-0.2, 0) is 37.3 Å². The number of anilines is 4. The van der Waals surface area contributed by atoms with Crippen molar-refractivity contribution in [3.8, 4) is 56.8 Å². The Labute approximate surface area is 558 Å². The van der Waals surface area contributed by atoms with E-state index in [1.165, 1.54) is 11.1 Å². The third-order valence-corrected chi connectivity index (χ3v) is 19.8. The minimum absolute atomic E-state index is 0. The molecule has 0 radical (unpaired) electrons. The van der Waals surface area contributed by atoms with Gasteiger partial charge in [0, 0.05) is 92.6 Å². The van der Waals surface area contributed by atoms with Crippen molar-refractivity contribution in [1.82, 2.24) is 9.55 Å². The molecule has 9 aromatic carbocycles. The second kappa shape index (κ2) is 23.2. The average molecular weight is 1380 g/mol. The molecule has 0 spiro atoms. The summed E-state index contributed by atoms with van der Waals surface area (Å²) in [4.78, 5) is 9.37. The molecule has 0 atom stereocenters. The minimum atomic E-state index is -0.450. The smallest absolute Gasteiger partial charge is 0.135 e. The Hall–Kier alpha value is -8.27. The standard InChI is InChI=1S/C82H78N5OS.Pt/c1-50(2)62-27-22-28-63(51(3)4)74(62)55-42-59(85-49-86(69-32-20-19-31-68(69)85)77-64(52-24-17-16-18-25-52)29-23-30-65(77)54-40-57(79(5,6)7)44-58(41-54)80(8,9)10)46-61(43-55)88-60-34-35-66-71(47-60)87(73-45-56(38-39-84-73)82(14,15)81(11,12)13)70-37-36-67-75-53(48-83)26-21-33-72(75)89-78(67)76(66)70;/h16-45,49-51H,1-15H3;/q-3;/i16D,17D,18D,24D,25D;. The number of para-hydroxylation sites is 3. The van der Waals surface area contributed by atoms with E-state index in [1.54, 1.807) is 11.3 Å². The van der Waals surface area contributed by atoms with Gasteiger partial charge in [0.1, 0.15) is 5.82 Å². The Morgan fingerprint density at radius 3 is 1.88 bits per heavy atom. The normalized spacial score (nSPS) is 13.8. The van der Waals surface area contributed by atoms with Crippen LogP contribution in [0.1, 0.15) is 156 Å². The van der Waals surface area contributed by atoms with Gasteiger partial charge >= 0.3 is 0 Å². The number of thiophene rings is 1. The number of rotatable bonds is 11. The number of ether oxygens (including phenoxy) is 1. The molecule has 0 amide bonds. The largest absolute Gasteiger partial charge is 0.509 e. The van der Waals surface area contributed by atoms with Crippen LogP contribution in [0, 0.1) is 35.5 Å². The summed E-state index contributed by atoms with van der Waals surface area (Å²) >= 11 is 1.69. The molecule has 8 heteroatoms. The van der Waals surface area contributed by atoms with Gasteiger partial charge in [-0.2, -0.15) is 11.3 Å². The summed E-state index contributed by atoms with van der Waals surface area (Å²) in [6, 6.07) is 58.7. The first-order chi connectivity index (χ1) is 44.5. The van der Waals surface area contributed by atoms with Gasteiger partial charge in [0.25, 0.3) is 0 Å². The van der Waals surface area contributed by atoms with Gasteiger partial charge in [0.15, 0.2) is 0 Å². The van der Waals surface area contributed by atoms with E-state index >= 15 is 0 Å². The Balaban J connectivity index is 0.00000864. The first-order valence-corrected chi connectivity index (χ1v) is 31.8. The van der Waals surface area contributed by atoms with Crippen LogP contribution in [0.25, 0.3) is 81.2 Å². The maximum absolute atomic E-state index is 10.4. The monoisotopic (exact) mass is 1380 g/mol. The Bertz CT molecular complexity index is 5040. The summed E-state index contributed by atoms with van der Waals surface area (Å²) in [6.07, 6.45) is 1.91. The van der Waals surface area contributed by atoms with E-state index in [0.29, 0.717) is 34.0 Å². The molecule has 90 heavy (non-hydrogen) atoms. The first-order valence-electron chi connectivity index (χ1n) is 33.5. The van der Waals surface area contributed by atoms with Crippen LogP contribution in [0.4, 0.5) is 22.7 Å². The molecule has 13 rings (SSSR count). The molecule has 0 unspecified atom stereocenters. The fraction of sp³-hybridized carbons (Fsp3) is 0.256. The summed E-state index contributed by atoms with van der Waals surface area (Å²) in [5, 5.41) is 14.4. The molecule has 0 N–H and O–H groups in total. The van der Waals surface area contributed by atoms with Gasteiger partial charge in [0.2, 0.25) is 0 Å². The number of pyridine rings is 1. The molecule has 0 saturated carbocycles. The molecule has 1 aliphatic rings. The number of nitrogens with zero attached hydrogens (tertiary/aromatic N) is 5. The number of nitriles is 1. The van der Waals surface area contributed by atoms with Crippen LogP contribution in [0.2, 0.25) is 0 Å². The topological polar surface area (TPSA) is 57.3 Å². The molecule has 0 saturated heterocycles. The average Bonchev–Trinajstić information content (AvgIpc) is 1.58. The minimum Gasteiger partial charge on any atom is -0.509 e. The molecule has 0 fully saturated rings. The summed E-state index contributed by atoms with van der Waals surface area (Å²) in [7, 11) is 0. The zero-order chi connectivity index (χ0) is 67.0. The van der Waals surface area contributed by atoms with Gasteiger partial charge in [-0.25, -0.2) is 4.98 Å². The maximum Gasteiger partial charge on any atom is 0.135 e. The Morgan fingerprint density at radius 1 is 0.600 bits per heavy atom. The summed E-state index contributed by atoms with van der Waals surface area (Å²) in [5.74, 6) is 2.03. The molecule has 6 nitrogen and oxygen atoms in total. The maximum atomic E-state index is 10.4. The first kappa shape index (κ1) is 55.8. The summed E-state index contributed by atoms with van der Waals surface area (Å²) in [6.45, 7) is 35.7. The van der Waals surface area contributed by atoms with Crippen LogP contribution in [0.5, 0.6) is 11.5 Å². The third-order valence-electron chi connectivity index (χ3n) is 18.6. The molecule has 3 aromatic heterocycles. The van der Waals surface area contributed by atoms with Crippen molar-refractivity contribution in [3.63, 3.8) is 0 Å². The summed E-state index contributed by atoms with van der Waals surface area (Å²) < 4.78 is 57.2. The van der Waals surface area contributed by atoms with E-state index in [2.05, 4.69) is 240 Å². The zero-order valence-corrected chi connectivity index (χ0v) is 57.1. The van der Waals surface area contributed by atoms with Crippen molar-refractivity contribution in [2.24, 2.45) is 5.41 Å². The number of fused-ring (bicyclic) bond motifs is 8. The van der Waals surface area contributed by atoms with Gasteiger partial charge in [-0.3, -0.25) is 0 Å². The quantitative estimate of drug-likeness (QED) is 0.121. The van der Waals surface area contributed by atoms with Crippen LogP contribution < -0.4 is 14.5 Å². The predicted molar refractivity (Wildman–Crippen MR) is 376 cm³/mol. The summed E-state index contributed by atoms with van der Waals surface area (Å²) in [5.41, 5.74) is 14.9. The predicted octanol–water partition coefficient (Wildman–Crippen LogP) is 23.4.